The van der Waals surface area contributed by atoms with E-state index in [1.807, 2.05) is 0 Å². The van der Waals surface area contributed by atoms with E-state index in [1.165, 1.54) is 0 Å². The van der Waals surface area contributed by atoms with Crippen LogP contribution in [0.3, 0.4) is 0 Å². The molecule has 8 bridgehead atoms. The van der Waals surface area contributed by atoms with Gasteiger partial charge in [-0.25, -0.2) is 0 Å². The van der Waals surface area contributed by atoms with Gasteiger partial charge in [-0.3, -0.25) is 0 Å². The van der Waals surface area contributed by atoms with Crippen molar-refractivity contribution in [1.82, 2.24) is 10.6 Å². The fourth-order valence-electron chi connectivity index (χ4n) is 13.0. The molecule has 12 atom stereocenters. The van der Waals surface area contributed by atoms with Crippen LogP contribution in [0, 0.1) is 70.3 Å². The summed E-state index contributed by atoms with van der Waals surface area (Å²) in [5, 5.41) is 20.0. The van der Waals surface area contributed by atoms with Gasteiger partial charge in [0.25, 0.3) is 0 Å². The van der Waals surface area contributed by atoms with Gasteiger partial charge in [0.05, 0.1) is 0 Å². The molecule has 5 aliphatic heterocycles. The predicted octanol–water partition coefficient (Wildman–Crippen LogP) is 12.2. The number of benzene rings is 2. The summed E-state index contributed by atoms with van der Waals surface area (Å²) in [4.78, 5) is 0. The Hall–Kier alpha value is -2.80. The first kappa shape index (κ1) is 51.6. The van der Waals surface area contributed by atoms with Crippen molar-refractivity contribution < 1.29 is 0 Å². The van der Waals surface area contributed by atoms with Gasteiger partial charge >= 0.3 is 23.1 Å². The predicted molar refractivity (Wildman–Crippen MR) is 284 cm³/mol. The Morgan fingerprint density at radius 3 is 0.938 bits per heavy atom. The summed E-state index contributed by atoms with van der Waals surface area (Å²) in [6.45, 7) is 29.1. The third-order valence-electron chi connectivity index (χ3n) is 16.3. The molecule has 7 rings (SSSR count). The van der Waals surface area contributed by atoms with Crippen LogP contribution in [0.4, 0.5) is 0 Å². The monoisotopic (exact) mass is 911 g/mol. The summed E-state index contributed by atoms with van der Waals surface area (Å²) in [6.07, 6.45) is 13.7. The summed E-state index contributed by atoms with van der Waals surface area (Å²) in [7, 11) is -4.00. The molecule has 4 nitrogen and oxygen atoms in total. The van der Waals surface area contributed by atoms with Gasteiger partial charge in [-0.2, -0.15) is 0 Å². The van der Waals surface area contributed by atoms with Crippen LogP contribution in [-0.2, 0) is 0 Å². The SMILES string of the molecule is CC(C)[Si](C#CC1C2CCC([N-]2)C(C#Cc2ccccc2)C2C=CC(N2)C(C#C[Si](C(C)C)(C(C)C)C(C)C)C2CCC([N-]2)C(C#Cc2ccccc2)C2C=CC1N2)(C(C)C)C(C)C.[Mg+2]. The molecule has 0 aliphatic carbocycles. The molecule has 0 radical (unpaired) electrons. The van der Waals surface area contributed by atoms with E-state index in [1.54, 1.807) is 0 Å². The first-order valence-electron chi connectivity index (χ1n) is 25.1. The molecule has 3 saturated heterocycles. The summed E-state index contributed by atoms with van der Waals surface area (Å²) >= 11 is 0. The fourth-order valence-corrected chi connectivity index (χ4v) is 23.5. The average molecular weight is 912 g/mol. The van der Waals surface area contributed by atoms with Crippen LogP contribution in [0.2, 0.25) is 33.2 Å². The molecule has 5 aliphatic rings. The van der Waals surface area contributed by atoms with Crippen LogP contribution in [0.1, 0.15) is 120 Å². The van der Waals surface area contributed by atoms with Crippen molar-refractivity contribution in [2.45, 2.75) is 190 Å². The average Bonchev–Trinajstić information content (AvgIpc) is 4.11. The van der Waals surface area contributed by atoms with Gasteiger partial charge in [0.1, 0.15) is 16.1 Å². The van der Waals surface area contributed by atoms with Crippen molar-refractivity contribution in [3.63, 3.8) is 0 Å². The van der Waals surface area contributed by atoms with Crippen LogP contribution in [-0.4, -0.2) is 87.5 Å². The van der Waals surface area contributed by atoms with E-state index in [0.29, 0.717) is 33.2 Å². The van der Waals surface area contributed by atoms with E-state index in [-0.39, 0.29) is 95.1 Å². The molecule has 2 aromatic carbocycles. The minimum Gasteiger partial charge on any atom is -0.655 e. The molecule has 7 heteroatoms. The molecule has 0 saturated carbocycles. The smallest absolute Gasteiger partial charge is 0.655 e. The molecule has 3 fully saturated rings. The van der Waals surface area contributed by atoms with Crippen LogP contribution in [0.5, 0.6) is 0 Å². The van der Waals surface area contributed by atoms with Crippen molar-refractivity contribution in [3.8, 4) is 46.6 Å². The van der Waals surface area contributed by atoms with E-state index >= 15 is 0 Å². The largest absolute Gasteiger partial charge is 2.00 e. The topological polar surface area (TPSA) is 52.3 Å². The normalized spacial score (nSPS) is 30.7. The Balaban J connectivity index is 0.00000700. The second kappa shape index (κ2) is 22.5. The first-order chi connectivity index (χ1) is 30.6. The molecule has 2 N–H and O–H groups in total. The molecule has 65 heavy (non-hydrogen) atoms. The van der Waals surface area contributed by atoms with Gasteiger partial charge in [-0.05, 0) is 57.5 Å². The Morgan fingerprint density at radius 2 is 0.677 bits per heavy atom. The maximum atomic E-state index is 5.84. The van der Waals surface area contributed by atoms with Crippen molar-refractivity contribution in [3.05, 3.63) is 107 Å². The Bertz CT molecular complexity index is 2000. The van der Waals surface area contributed by atoms with E-state index < -0.39 is 16.1 Å². The zero-order valence-corrected chi connectivity index (χ0v) is 45.3. The second-order valence-electron chi connectivity index (χ2n) is 21.6. The number of fused-ring (bicyclic) bond motifs is 8. The maximum absolute atomic E-state index is 5.84. The van der Waals surface area contributed by atoms with Crippen LogP contribution >= 0.6 is 0 Å². The molecule has 12 unspecified atom stereocenters. The van der Waals surface area contributed by atoms with Gasteiger partial charge in [0.15, 0.2) is 0 Å². The van der Waals surface area contributed by atoms with Crippen LogP contribution in [0.25, 0.3) is 10.6 Å². The summed E-state index contributed by atoms with van der Waals surface area (Å²) in [5.74, 6) is 23.3. The van der Waals surface area contributed by atoms with Crippen molar-refractivity contribution in [1.29, 1.82) is 0 Å². The van der Waals surface area contributed by atoms with Crippen molar-refractivity contribution in [2.24, 2.45) is 23.7 Å². The number of hydrogen-bond donors (Lipinski definition) is 2. The van der Waals surface area contributed by atoms with Crippen molar-refractivity contribution >= 4 is 39.2 Å². The zero-order chi connectivity index (χ0) is 45.8. The molecular weight excluding hydrogens is 833 g/mol. The molecule has 2 aromatic rings. The molecule has 0 amide bonds. The van der Waals surface area contributed by atoms with E-state index in [0.717, 1.165) is 36.8 Å². The molecule has 0 aromatic heterocycles. The summed E-state index contributed by atoms with van der Waals surface area (Å²) in [5.41, 5.74) is 13.9. The Kier molecular flexibility index (Phi) is 17.9. The molecular formula is C58H78MgN4Si2. The standard InChI is InChI=1S/C58H78N4Si2.Mg/c1-39(2)63(40(3)4,41(5)6)37-35-49-55-31-27-51(59-55)47(25-23-45-19-15-13-16-20-45)53-29-33-57(61-53)50(36-38-64(42(7)8,43(9)10)44(11)12)58-34-30-54(62-58)48(52-28-32-56(49)60-52)26-24-46-21-17-14-18-22-46;/h13-22,27,30-31,34,39-44,47-59,62H,28-29,32-33H2,1-12H3;/q-2;+2. The maximum Gasteiger partial charge on any atom is 2.00 e. The van der Waals surface area contributed by atoms with Gasteiger partial charge in [0, 0.05) is 59.0 Å². The molecule has 5 heterocycles. The Labute approximate surface area is 414 Å². The van der Waals surface area contributed by atoms with Gasteiger partial charge in [-0.15, -0.1) is 47.1 Å². The number of rotatable bonds is 6. The quantitative estimate of drug-likeness (QED) is 0.172. The number of hydrogen-bond acceptors (Lipinski definition) is 2. The van der Waals surface area contributed by atoms with Crippen LogP contribution < -0.4 is 10.6 Å². The number of nitrogens with one attached hydrogen (secondary N) is 2. The minimum absolute atomic E-state index is 0. The van der Waals surface area contributed by atoms with E-state index in [4.69, 9.17) is 10.6 Å². The van der Waals surface area contributed by atoms with E-state index in [9.17, 15) is 0 Å². The van der Waals surface area contributed by atoms with E-state index in [2.05, 4.69) is 225 Å². The van der Waals surface area contributed by atoms with Crippen LogP contribution in [0.15, 0.2) is 85.0 Å². The van der Waals surface area contributed by atoms with Gasteiger partial charge in [0.2, 0.25) is 0 Å². The Morgan fingerprint density at radius 1 is 0.415 bits per heavy atom. The molecule has 0 spiro atoms. The third kappa shape index (κ3) is 11.1. The zero-order valence-electron chi connectivity index (χ0n) is 41.9. The summed E-state index contributed by atoms with van der Waals surface area (Å²) < 4.78 is 0. The fraction of sp³-hybridized carbons (Fsp3) is 0.586. The number of nitrogens with zero attached hydrogens (tertiary/aromatic N) is 2. The van der Waals surface area contributed by atoms with Gasteiger partial charge < -0.3 is 21.3 Å². The molecule has 340 valence electrons. The second-order valence-corrected chi connectivity index (χ2v) is 32.8. The third-order valence-corrected chi connectivity index (χ3v) is 28.9. The van der Waals surface area contributed by atoms with Crippen molar-refractivity contribution in [2.75, 3.05) is 0 Å². The first-order valence-corrected chi connectivity index (χ1v) is 29.6. The van der Waals surface area contributed by atoms with Gasteiger partial charge in [-0.1, -0.05) is 193 Å². The minimum atomic E-state index is -2.00. The summed E-state index contributed by atoms with van der Waals surface area (Å²) in [6, 6.07) is 21.7.